The highest BCUT2D eigenvalue weighted by Gasteiger charge is 2.34. The summed E-state index contributed by atoms with van der Waals surface area (Å²) in [4.78, 5) is 25.7. The minimum absolute atomic E-state index is 0.00590. The van der Waals surface area contributed by atoms with Crippen molar-refractivity contribution in [2.24, 2.45) is 0 Å². The van der Waals surface area contributed by atoms with Gasteiger partial charge in [-0.1, -0.05) is 0 Å². The first-order chi connectivity index (χ1) is 12.0. The topological polar surface area (TPSA) is 98.1 Å². The molecule has 2 rings (SSSR count). The van der Waals surface area contributed by atoms with Gasteiger partial charge >= 0.3 is 11.9 Å². The lowest BCUT2D eigenvalue weighted by atomic mass is 10.1. The van der Waals surface area contributed by atoms with Crippen LogP contribution in [0.15, 0.2) is 27.9 Å². The van der Waals surface area contributed by atoms with E-state index in [2.05, 4.69) is 15.9 Å². The molecule has 8 nitrogen and oxygen atoms in total. The number of nitrogens with zero attached hydrogens (tertiary/aromatic N) is 2. The van der Waals surface area contributed by atoms with Gasteiger partial charge in [0.05, 0.1) is 43.7 Å². The van der Waals surface area contributed by atoms with Gasteiger partial charge in [-0.3, -0.25) is 0 Å². The summed E-state index contributed by atoms with van der Waals surface area (Å²) in [7, 11) is 3.83. The van der Waals surface area contributed by atoms with E-state index in [-0.39, 0.29) is 30.2 Å². The van der Waals surface area contributed by atoms with Crippen LogP contribution < -0.4 is 9.64 Å². The molecule has 0 aromatic heterocycles. The number of methoxy groups -OCH3 is 3. The van der Waals surface area contributed by atoms with Gasteiger partial charge < -0.3 is 23.8 Å². The molecule has 1 aliphatic rings. The van der Waals surface area contributed by atoms with E-state index in [0.717, 1.165) is 0 Å². The number of carbonyl (C=O) groups excluding carboxylic acids is 2. The molecule has 0 N–H and O–H groups in total. The Labute approximate surface area is 152 Å². The fourth-order valence-corrected chi connectivity index (χ4v) is 2.91. The molecule has 1 aromatic carbocycles. The Morgan fingerprint density at radius 3 is 2.48 bits per heavy atom. The normalized spacial score (nSPS) is 14.0. The van der Waals surface area contributed by atoms with E-state index < -0.39 is 11.9 Å². The van der Waals surface area contributed by atoms with E-state index in [1.54, 1.807) is 12.1 Å². The lowest BCUT2D eigenvalue weighted by Gasteiger charge is -2.32. The largest absolute Gasteiger partial charge is 0.494 e. The van der Waals surface area contributed by atoms with Gasteiger partial charge in [0.15, 0.2) is 5.75 Å². The highest BCUT2D eigenvalue weighted by molar-refractivity contribution is 9.10. The van der Waals surface area contributed by atoms with Crippen LogP contribution in [0.1, 0.15) is 5.56 Å². The molecule has 0 radical (unpaired) electrons. The van der Waals surface area contributed by atoms with Crippen molar-refractivity contribution < 1.29 is 28.5 Å². The Morgan fingerprint density at radius 2 is 1.92 bits per heavy atom. The molecular formula is C16H15BrN2O6. The summed E-state index contributed by atoms with van der Waals surface area (Å²) >= 11 is 3.31. The van der Waals surface area contributed by atoms with Gasteiger partial charge in [-0.15, -0.1) is 0 Å². The van der Waals surface area contributed by atoms with Crippen LogP contribution in [-0.2, 0) is 23.8 Å². The number of anilines is 1. The maximum absolute atomic E-state index is 12.3. The molecule has 0 amide bonds. The summed E-state index contributed by atoms with van der Waals surface area (Å²) < 4.78 is 20.7. The lowest BCUT2D eigenvalue weighted by molar-refractivity contribution is -0.140. The Morgan fingerprint density at radius 1 is 1.24 bits per heavy atom. The first-order valence-electron chi connectivity index (χ1n) is 7.01. The first kappa shape index (κ1) is 18.8. The van der Waals surface area contributed by atoms with Gasteiger partial charge in [-0.25, -0.2) is 9.59 Å². The fraction of sp³-hybridized carbons (Fsp3) is 0.312. The van der Waals surface area contributed by atoms with E-state index in [1.165, 1.54) is 26.2 Å². The zero-order valence-corrected chi connectivity index (χ0v) is 15.4. The van der Waals surface area contributed by atoms with Crippen LogP contribution in [0.5, 0.6) is 5.75 Å². The summed E-state index contributed by atoms with van der Waals surface area (Å²) in [5.74, 6) is -1.16. The number of nitriles is 1. The molecule has 0 aliphatic carbocycles. The van der Waals surface area contributed by atoms with Crippen molar-refractivity contribution in [1.82, 2.24) is 0 Å². The summed E-state index contributed by atoms with van der Waals surface area (Å²) in [5.41, 5.74) is 0.477. The quantitative estimate of drug-likeness (QED) is 0.691. The molecule has 0 bridgehead atoms. The third-order valence-corrected chi connectivity index (χ3v) is 4.15. The molecule has 25 heavy (non-hydrogen) atoms. The number of hydrogen-bond donors (Lipinski definition) is 0. The van der Waals surface area contributed by atoms with Crippen molar-refractivity contribution in [2.45, 2.75) is 0 Å². The molecule has 0 atom stereocenters. The Hall–Kier alpha value is -2.57. The molecule has 0 saturated heterocycles. The molecule has 0 unspecified atom stereocenters. The third-order valence-electron chi connectivity index (χ3n) is 3.53. The highest BCUT2D eigenvalue weighted by Crippen LogP contribution is 2.38. The van der Waals surface area contributed by atoms with Gasteiger partial charge in [-0.05, 0) is 28.1 Å². The Bertz CT molecular complexity index is 784. The minimum atomic E-state index is -0.741. The van der Waals surface area contributed by atoms with Gasteiger partial charge in [0.25, 0.3) is 0 Å². The van der Waals surface area contributed by atoms with Gasteiger partial charge in [-0.2, -0.15) is 5.26 Å². The molecule has 0 fully saturated rings. The molecule has 0 spiro atoms. The van der Waals surface area contributed by atoms with Crippen molar-refractivity contribution in [1.29, 1.82) is 5.26 Å². The van der Waals surface area contributed by atoms with Crippen LogP contribution >= 0.6 is 15.9 Å². The second-order valence-electron chi connectivity index (χ2n) is 4.80. The van der Waals surface area contributed by atoms with E-state index in [0.29, 0.717) is 15.9 Å². The SMILES string of the molecule is COC(=O)C1=C(C(=O)OC)N(c2ccc(Br)c(OC)c2C#N)COC1. The molecule has 0 saturated carbocycles. The van der Waals surface area contributed by atoms with E-state index in [9.17, 15) is 14.9 Å². The molecule has 1 aromatic rings. The van der Waals surface area contributed by atoms with Gasteiger partial charge in [0, 0.05) is 0 Å². The number of benzene rings is 1. The molecule has 132 valence electrons. The van der Waals surface area contributed by atoms with Gasteiger partial charge in [0.1, 0.15) is 24.1 Å². The maximum atomic E-state index is 12.3. The summed E-state index contributed by atoms with van der Waals surface area (Å²) in [6, 6.07) is 5.32. The molecule has 9 heteroatoms. The zero-order valence-electron chi connectivity index (χ0n) is 13.8. The highest BCUT2D eigenvalue weighted by atomic mass is 79.9. The standard InChI is InChI=1S/C16H15BrN2O6/c1-22-14-9(6-18)12(5-4-11(14)17)19-8-25-7-10(15(20)23-2)13(19)16(21)24-3/h4-5H,7-8H2,1-3H3. The fourth-order valence-electron chi connectivity index (χ4n) is 2.41. The smallest absolute Gasteiger partial charge is 0.355 e. The number of halogens is 1. The minimum Gasteiger partial charge on any atom is -0.494 e. The monoisotopic (exact) mass is 410 g/mol. The van der Waals surface area contributed by atoms with Gasteiger partial charge in [0.2, 0.25) is 0 Å². The van der Waals surface area contributed by atoms with Crippen LogP contribution in [0.2, 0.25) is 0 Å². The summed E-state index contributed by atoms with van der Waals surface area (Å²) in [6.07, 6.45) is 0. The molecular weight excluding hydrogens is 396 g/mol. The maximum Gasteiger partial charge on any atom is 0.355 e. The van der Waals surface area contributed by atoms with Crippen molar-refractivity contribution in [3.63, 3.8) is 0 Å². The van der Waals surface area contributed by atoms with Crippen LogP contribution in [0.3, 0.4) is 0 Å². The average molecular weight is 411 g/mol. The predicted molar refractivity (Wildman–Crippen MR) is 89.8 cm³/mol. The molecule has 1 aliphatic heterocycles. The van der Waals surface area contributed by atoms with E-state index >= 15 is 0 Å². The predicted octanol–water partition coefficient (Wildman–Crippen LogP) is 1.72. The van der Waals surface area contributed by atoms with Crippen molar-refractivity contribution in [3.05, 3.63) is 33.4 Å². The number of ether oxygens (including phenoxy) is 4. The lowest BCUT2D eigenvalue weighted by Crippen LogP contribution is -2.39. The van der Waals surface area contributed by atoms with Crippen LogP contribution in [0.25, 0.3) is 0 Å². The van der Waals surface area contributed by atoms with Crippen LogP contribution in [0.4, 0.5) is 5.69 Å². The van der Waals surface area contributed by atoms with E-state index in [4.69, 9.17) is 18.9 Å². The second kappa shape index (κ2) is 8.00. The number of carbonyl (C=O) groups is 2. The number of esters is 2. The Kier molecular flexibility index (Phi) is 6.01. The Balaban J connectivity index is 2.71. The van der Waals surface area contributed by atoms with Crippen LogP contribution in [-0.4, -0.2) is 46.6 Å². The second-order valence-corrected chi connectivity index (χ2v) is 5.66. The van der Waals surface area contributed by atoms with Crippen molar-refractivity contribution in [3.8, 4) is 11.8 Å². The zero-order chi connectivity index (χ0) is 18.6. The third kappa shape index (κ3) is 3.45. The first-order valence-corrected chi connectivity index (χ1v) is 7.81. The summed E-state index contributed by atoms with van der Waals surface area (Å²) in [5, 5.41) is 9.55. The summed E-state index contributed by atoms with van der Waals surface area (Å²) in [6.45, 7) is -0.159. The molecule has 1 heterocycles. The van der Waals surface area contributed by atoms with Crippen molar-refractivity contribution >= 4 is 33.6 Å². The average Bonchev–Trinajstić information content (AvgIpc) is 2.65. The number of rotatable bonds is 4. The van der Waals surface area contributed by atoms with Crippen molar-refractivity contribution in [2.75, 3.05) is 39.6 Å². The van der Waals surface area contributed by atoms with E-state index in [1.807, 2.05) is 6.07 Å². The number of hydrogen-bond acceptors (Lipinski definition) is 8. The van der Waals surface area contributed by atoms with Crippen LogP contribution in [0, 0.1) is 11.3 Å².